The van der Waals surface area contributed by atoms with Crippen LogP contribution in [0.5, 0.6) is 0 Å². The van der Waals surface area contributed by atoms with Crippen molar-refractivity contribution in [3.05, 3.63) is 59.2 Å². The predicted molar refractivity (Wildman–Crippen MR) is 120 cm³/mol. The number of para-hydroxylation sites is 1. The van der Waals surface area contributed by atoms with Gasteiger partial charge in [-0.15, -0.1) is 0 Å². The number of carbonyl (C=O) groups excluding carboxylic acids is 3. The van der Waals surface area contributed by atoms with E-state index in [2.05, 4.69) is 19.2 Å². The molecule has 5 heteroatoms. The average Bonchev–Trinajstić information content (AvgIpc) is 3.47. The molecule has 5 rings (SSSR count). The number of nitrogens with zero attached hydrogens (tertiary/aromatic N) is 1. The number of benzene rings is 2. The zero-order valence-corrected chi connectivity index (χ0v) is 18.1. The highest BCUT2D eigenvalue weighted by Crippen LogP contribution is 2.56. The number of fused-ring (bicyclic) bond motifs is 5. The Hall–Kier alpha value is -2.95. The van der Waals surface area contributed by atoms with Gasteiger partial charge in [-0.2, -0.15) is 0 Å². The molecule has 1 heterocycles. The maximum atomic E-state index is 13.0. The largest absolute Gasteiger partial charge is 0.321 e. The quantitative estimate of drug-likeness (QED) is 0.725. The van der Waals surface area contributed by atoms with Crippen LogP contribution < -0.4 is 10.2 Å². The van der Waals surface area contributed by atoms with Crippen molar-refractivity contribution >= 4 is 29.1 Å². The monoisotopic (exact) mass is 416 g/mol. The van der Waals surface area contributed by atoms with Gasteiger partial charge in [-0.1, -0.05) is 32.0 Å². The predicted octanol–water partition coefficient (Wildman–Crippen LogP) is 4.60. The molecule has 2 aliphatic carbocycles. The van der Waals surface area contributed by atoms with E-state index in [9.17, 15) is 14.4 Å². The molecular weight excluding hydrogens is 388 g/mol. The molecule has 0 radical (unpaired) electrons. The third-order valence-electron chi connectivity index (χ3n) is 7.55. The second-order valence-corrected chi connectivity index (χ2v) is 9.06. The number of imide groups is 1. The van der Waals surface area contributed by atoms with Gasteiger partial charge in [0.05, 0.1) is 17.5 Å². The highest BCUT2D eigenvalue weighted by Gasteiger charge is 2.61. The first-order valence-corrected chi connectivity index (χ1v) is 11.4. The van der Waals surface area contributed by atoms with Crippen LogP contribution in [0.4, 0.5) is 11.4 Å². The van der Waals surface area contributed by atoms with Crippen LogP contribution >= 0.6 is 0 Å². The minimum Gasteiger partial charge on any atom is -0.321 e. The minimum atomic E-state index is -0.184. The van der Waals surface area contributed by atoms with Gasteiger partial charge in [0, 0.05) is 11.3 Å². The Morgan fingerprint density at radius 1 is 0.903 bits per heavy atom. The summed E-state index contributed by atoms with van der Waals surface area (Å²) in [4.78, 5) is 40.3. The van der Waals surface area contributed by atoms with Crippen molar-refractivity contribution in [2.24, 2.45) is 23.7 Å². The van der Waals surface area contributed by atoms with Crippen LogP contribution in [0.2, 0.25) is 0 Å². The van der Waals surface area contributed by atoms with E-state index >= 15 is 0 Å². The van der Waals surface area contributed by atoms with Crippen LogP contribution in [-0.2, 0) is 22.4 Å². The third-order valence-corrected chi connectivity index (χ3v) is 7.55. The van der Waals surface area contributed by atoms with Crippen LogP contribution in [0, 0.1) is 23.7 Å². The molecule has 1 aliphatic heterocycles. The highest BCUT2D eigenvalue weighted by molar-refractivity contribution is 6.22. The Balaban J connectivity index is 1.36. The fraction of sp³-hybridized carbons (Fsp3) is 0.423. The summed E-state index contributed by atoms with van der Waals surface area (Å²) in [5, 5.41) is 3.07. The van der Waals surface area contributed by atoms with E-state index in [1.54, 1.807) is 24.3 Å². The van der Waals surface area contributed by atoms with Crippen LogP contribution in [-0.4, -0.2) is 17.7 Å². The molecule has 160 valence electrons. The minimum absolute atomic E-state index is 0.0520. The van der Waals surface area contributed by atoms with Crippen molar-refractivity contribution in [3.8, 4) is 0 Å². The molecule has 2 bridgehead atoms. The van der Waals surface area contributed by atoms with Gasteiger partial charge in [-0.05, 0) is 79.3 Å². The number of nitrogens with one attached hydrogen (secondary N) is 1. The van der Waals surface area contributed by atoms with E-state index in [0.29, 0.717) is 23.1 Å². The summed E-state index contributed by atoms with van der Waals surface area (Å²) in [6.45, 7) is 4.15. The van der Waals surface area contributed by atoms with E-state index in [1.807, 2.05) is 18.2 Å². The summed E-state index contributed by atoms with van der Waals surface area (Å²) < 4.78 is 0. The summed E-state index contributed by atoms with van der Waals surface area (Å²) in [7, 11) is 0. The van der Waals surface area contributed by atoms with E-state index < -0.39 is 0 Å². The summed E-state index contributed by atoms with van der Waals surface area (Å²) in [6.07, 6.45) is 4.84. The fourth-order valence-electron chi connectivity index (χ4n) is 6.01. The van der Waals surface area contributed by atoms with Crippen molar-refractivity contribution in [2.45, 2.75) is 46.0 Å². The van der Waals surface area contributed by atoms with Gasteiger partial charge < -0.3 is 5.32 Å². The molecule has 2 aromatic rings. The average molecular weight is 417 g/mol. The fourth-order valence-corrected chi connectivity index (χ4v) is 6.01. The first kappa shape index (κ1) is 20.0. The molecule has 1 N–H and O–H groups in total. The normalized spacial score (nSPS) is 26.5. The molecule has 0 unspecified atom stereocenters. The Kier molecular flexibility index (Phi) is 4.92. The van der Waals surface area contributed by atoms with Crippen LogP contribution in [0.1, 0.15) is 54.6 Å². The summed E-state index contributed by atoms with van der Waals surface area (Å²) >= 11 is 0. The molecule has 0 spiro atoms. The molecule has 4 atom stereocenters. The first-order valence-electron chi connectivity index (χ1n) is 11.4. The van der Waals surface area contributed by atoms with Crippen molar-refractivity contribution in [1.29, 1.82) is 0 Å². The third kappa shape index (κ3) is 3.10. The second-order valence-electron chi connectivity index (χ2n) is 9.06. The molecular formula is C26H28N2O3. The van der Waals surface area contributed by atoms with Gasteiger partial charge in [0.15, 0.2) is 0 Å². The number of amides is 3. The van der Waals surface area contributed by atoms with Gasteiger partial charge in [-0.3, -0.25) is 19.3 Å². The molecule has 31 heavy (non-hydrogen) atoms. The lowest BCUT2D eigenvalue weighted by Gasteiger charge is -2.19. The van der Waals surface area contributed by atoms with E-state index in [4.69, 9.17) is 0 Å². The number of hydrogen-bond acceptors (Lipinski definition) is 3. The van der Waals surface area contributed by atoms with Crippen molar-refractivity contribution in [3.63, 3.8) is 0 Å². The van der Waals surface area contributed by atoms with E-state index in [0.717, 1.165) is 48.9 Å². The van der Waals surface area contributed by atoms with Crippen molar-refractivity contribution in [2.75, 3.05) is 10.2 Å². The zero-order valence-electron chi connectivity index (χ0n) is 18.1. The van der Waals surface area contributed by atoms with Crippen molar-refractivity contribution < 1.29 is 14.4 Å². The first-order chi connectivity index (χ1) is 15.0. The van der Waals surface area contributed by atoms with Gasteiger partial charge in [0.1, 0.15) is 0 Å². The van der Waals surface area contributed by atoms with Crippen LogP contribution in [0.25, 0.3) is 0 Å². The number of aryl methyl sites for hydroxylation is 2. The maximum Gasteiger partial charge on any atom is 0.255 e. The van der Waals surface area contributed by atoms with Crippen molar-refractivity contribution in [1.82, 2.24) is 0 Å². The number of hydrogen-bond donors (Lipinski definition) is 1. The maximum absolute atomic E-state index is 13.0. The van der Waals surface area contributed by atoms with E-state index in [1.165, 1.54) is 4.90 Å². The SMILES string of the molecule is CCc1cccc(CC)c1NC(=O)c1ccc(N2C(=O)[C@@H]3[C@H]4CC[C@@H](C4)[C@H]3C2=O)cc1. The number of rotatable bonds is 5. The second kappa shape index (κ2) is 7.63. The Bertz CT molecular complexity index is 1010. The van der Waals surface area contributed by atoms with Gasteiger partial charge in [0.25, 0.3) is 5.91 Å². The standard InChI is InChI=1S/C26H28N2O3/c1-3-15-6-5-7-16(4-2)23(15)27-24(29)17-10-12-20(13-11-17)28-25(30)21-18-8-9-19(14-18)22(21)26(28)31/h5-7,10-13,18-19,21-22H,3-4,8-9,14H2,1-2H3,(H,27,29)/t18-,19-,21+,22+/m0/s1. The van der Waals surface area contributed by atoms with Gasteiger partial charge >= 0.3 is 0 Å². The lowest BCUT2D eigenvalue weighted by Crippen LogP contribution is -2.32. The number of carbonyl (C=O) groups is 3. The van der Waals surface area contributed by atoms with Crippen LogP contribution in [0.15, 0.2) is 42.5 Å². The zero-order chi connectivity index (χ0) is 21.7. The summed E-state index contributed by atoms with van der Waals surface area (Å²) in [5.41, 5.74) is 4.19. The Morgan fingerprint density at radius 3 is 1.97 bits per heavy atom. The lowest BCUT2D eigenvalue weighted by atomic mass is 9.81. The topological polar surface area (TPSA) is 66.5 Å². The van der Waals surface area contributed by atoms with Gasteiger partial charge in [-0.25, -0.2) is 0 Å². The Morgan fingerprint density at radius 2 is 1.45 bits per heavy atom. The van der Waals surface area contributed by atoms with Gasteiger partial charge in [0.2, 0.25) is 11.8 Å². The molecule has 3 aliphatic rings. The molecule has 3 fully saturated rings. The van der Waals surface area contributed by atoms with E-state index in [-0.39, 0.29) is 29.6 Å². The lowest BCUT2D eigenvalue weighted by molar-refractivity contribution is -0.123. The molecule has 0 aromatic heterocycles. The molecule has 2 aromatic carbocycles. The molecule has 1 saturated heterocycles. The summed E-state index contributed by atoms with van der Waals surface area (Å²) in [6, 6.07) is 12.9. The summed E-state index contributed by atoms with van der Waals surface area (Å²) in [5.74, 6) is 0.184. The number of anilines is 2. The molecule has 5 nitrogen and oxygen atoms in total. The molecule has 3 amide bonds. The Labute approximate surface area is 182 Å². The highest BCUT2D eigenvalue weighted by atomic mass is 16.2. The smallest absolute Gasteiger partial charge is 0.255 e. The van der Waals surface area contributed by atoms with Crippen LogP contribution in [0.3, 0.4) is 0 Å². The molecule has 2 saturated carbocycles.